The Hall–Kier alpha value is -0.460. The van der Waals surface area contributed by atoms with Crippen LogP contribution in [-0.4, -0.2) is 23.1 Å². The largest absolute Gasteiger partial charge is 0.426 e. The summed E-state index contributed by atoms with van der Waals surface area (Å²) in [4.78, 5) is 0. The summed E-state index contributed by atoms with van der Waals surface area (Å²) in [5.41, 5.74) is -4.59. The predicted octanol–water partition coefficient (Wildman–Crippen LogP) is 3.91. The van der Waals surface area contributed by atoms with Crippen LogP contribution in [-0.2, 0) is 0 Å². The maximum Gasteiger partial charge on any atom is 0.426 e. The Kier molecular flexibility index (Phi) is 3.97. The summed E-state index contributed by atoms with van der Waals surface area (Å²) < 4.78 is 75.0. The average Bonchev–Trinajstić information content (AvgIpc) is 2.41. The Balaban J connectivity index is 2.94. The maximum atomic E-state index is 12.5. The highest BCUT2D eigenvalue weighted by Gasteiger charge is 2.70. The van der Waals surface area contributed by atoms with Gasteiger partial charge in [0.25, 0.3) is 5.60 Å². The van der Waals surface area contributed by atoms with Gasteiger partial charge in [0, 0.05) is 0 Å². The standard InChI is InChI=1S/C11H16F6O/c1-6-3-7(2)8(4-6)5-9(18,10(12,13)14)11(15,16)17/h6-8,18H,3-5H2,1-2H3. The fraction of sp³-hybridized carbons (Fsp3) is 1.00. The predicted molar refractivity (Wildman–Crippen MR) is 52.7 cm³/mol. The second-order valence-electron chi connectivity index (χ2n) is 5.37. The Morgan fingerprint density at radius 3 is 1.67 bits per heavy atom. The molecule has 0 aromatic rings. The molecule has 18 heavy (non-hydrogen) atoms. The van der Waals surface area contributed by atoms with Crippen molar-refractivity contribution in [2.45, 2.75) is 51.1 Å². The van der Waals surface area contributed by atoms with E-state index >= 15 is 0 Å². The average molecular weight is 278 g/mol. The van der Waals surface area contributed by atoms with Crippen LogP contribution in [0.1, 0.15) is 33.1 Å². The van der Waals surface area contributed by atoms with Gasteiger partial charge >= 0.3 is 12.4 Å². The molecule has 3 atom stereocenters. The molecule has 0 aromatic carbocycles. The summed E-state index contributed by atoms with van der Waals surface area (Å²) in [7, 11) is 0. The van der Waals surface area contributed by atoms with E-state index in [0.717, 1.165) is 0 Å². The van der Waals surface area contributed by atoms with E-state index in [9.17, 15) is 26.3 Å². The third-order valence-electron chi connectivity index (χ3n) is 3.78. The van der Waals surface area contributed by atoms with Gasteiger partial charge in [-0.25, -0.2) is 0 Å². The van der Waals surface area contributed by atoms with Crippen molar-refractivity contribution in [2.24, 2.45) is 17.8 Å². The lowest BCUT2D eigenvalue weighted by molar-refractivity contribution is -0.373. The second kappa shape index (κ2) is 4.58. The number of aliphatic hydroxyl groups is 1. The van der Waals surface area contributed by atoms with E-state index in [2.05, 4.69) is 0 Å². The Morgan fingerprint density at radius 2 is 1.39 bits per heavy atom. The van der Waals surface area contributed by atoms with Crippen LogP contribution in [0.5, 0.6) is 0 Å². The van der Waals surface area contributed by atoms with E-state index in [1.54, 1.807) is 13.8 Å². The molecule has 0 heterocycles. The molecule has 0 amide bonds. The summed E-state index contributed by atoms with van der Waals surface area (Å²) in [6, 6.07) is 0. The molecule has 108 valence electrons. The fourth-order valence-electron chi connectivity index (χ4n) is 2.73. The maximum absolute atomic E-state index is 12.5. The van der Waals surface area contributed by atoms with E-state index < -0.39 is 30.3 Å². The van der Waals surface area contributed by atoms with Crippen LogP contribution in [0.3, 0.4) is 0 Å². The summed E-state index contributed by atoms with van der Waals surface area (Å²) in [5, 5.41) is 9.10. The van der Waals surface area contributed by atoms with Crippen molar-refractivity contribution in [1.29, 1.82) is 0 Å². The van der Waals surface area contributed by atoms with Gasteiger partial charge in [0.05, 0.1) is 0 Å². The Bertz CT molecular complexity index is 281. The van der Waals surface area contributed by atoms with Gasteiger partial charge in [-0.05, 0) is 37.0 Å². The quantitative estimate of drug-likeness (QED) is 0.759. The molecule has 1 saturated carbocycles. The van der Waals surface area contributed by atoms with E-state index in [-0.39, 0.29) is 18.3 Å². The van der Waals surface area contributed by atoms with Crippen molar-refractivity contribution >= 4 is 0 Å². The molecule has 1 fully saturated rings. The number of halogens is 6. The first-order valence-corrected chi connectivity index (χ1v) is 5.74. The zero-order valence-electron chi connectivity index (χ0n) is 10.1. The zero-order valence-corrected chi connectivity index (χ0v) is 10.1. The molecule has 1 N–H and O–H groups in total. The highest BCUT2D eigenvalue weighted by atomic mass is 19.4. The lowest BCUT2D eigenvalue weighted by Crippen LogP contribution is -2.57. The van der Waals surface area contributed by atoms with Gasteiger partial charge in [-0.3, -0.25) is 0 Å². The fourth-order valence-corrected chi connectivity index (χ4v) is 2.73. The molecule has 1 nitrogen and oxygen atoms in total. The molecule has 0 bridgehead atoms. The van der Waals surface area contributed by atoms with E-state index in [4.69, 9.17) is 5.11 Å². The van der Waals surface area contributed by atoms with Crippen LogP contribution < -0.4 is 0 Å². The van der Waals surface area contributed by atoms with Crippen LogP contribution in [0.15, 0.2) is 0 Å². The van der Waals surface area contributed by atoms with E-state index in [1.807, 2.05) is 0 Å². The molecule has 1 aliphatic carbocycles. The Labute approximate surface area is 101 Å². The molecule has 0 spiro atoms. The normalized spacial score (nSPS) is 30.8. The van der Waals surface area contributed by atoms with Crippen LogP contribution in [0, 0.1) is 17.8 Å². The molecule has 3 unspecified atom stereocenters. The van der Waals surface area contributed by atoms with Crippen molar-refractivity contribution < 1.29 is 31.4 Å². The number of hydrogen-bond donors (Lipinski definition) is 1. The first-order chi connectivity index (χ1) is 7.88. The summed E-state index contributed by atoms with van der Waals surface area (Å²) in [6.45, 7) is 3.41. The van der Waals surface area contributed by atoms with Crippen molar-refractivity contribution in [3.63, 3.8) is 0 Å². The smallest absolute Gasteiger partial charge is 0.374 e. The minimum atomic E-state index is -5.70. The van der Waals surface area contributed by atoms with Gasteiger partial charge in [-0.1, -0.05) is 13.8 Å². The molecule has 1 rings (SSSR count). The van der Waals surface area contributed by atoms with Crippen LogP contribution in [0.2, 0.25) is 0 Å². The molecule has 1 aliphatic rings. The van der Waals surface area contributed by atoms with Gasteiger partial charge in [0.1, 0.15) is 0 Å². The SMILES string of the molecule is CC1CC(C)C(CC(O)(C(F)(F)F)C(F)(F)F)C1. The monoisotopic (exact) mass is 278 g/mol. The van der Waals surface area contributed by atoms with Gasteiger partial charge < -0.3 is 5.11 Å². The summed E-state index contributed by atoms with van der Waals surface area (Å²) >= 11 is 0. The molecule has 0 radical (unpaired) electrons. The molecular formula is C11H16F6O. The van der Waals surface area contributed by atoms with E-state index in [0.29, 0.717) is 6.42 Å². The van der Waals surface area contributed by atoms with Gasteiger partial charge in [0.2, 0.25) is 0 Å². The highest BCUT2D eigenvalue weighted by Crippen LogP contribution is 2.50. The van der Waals surface area contributed by atoms with Crippen molar-refractivity contribution in [3.05, 3.63) is 0 Å². The first-order valence-electron chi connectivity index (χ1n) is 5.74. The van der Waals surface area contributed by atoms with Crippen LogP contribution in [0.4, 0.5) is 26.3 Å². The highest BCUT2D eigenvalue weighted by molar-refractivity contribution is 4.97. The summed E-state index contributed by atoms with van der Waals surface area (Å²) in [6.07, 6.45) is -11.8. The van der Waals surface area contributed by atoms with Gasteiger partial charge in [0.15, 0.2) is 0 Å². The minimum absolute atomic E-state index is 0.0933. The third-order valence-corrected chi connectivity index (χ3v) is 3.78. The first kappa shape index (κ1) is 15.6. The number of rotatable bonds is 2. The molecule has 0 aromatic heterocycles. The number of alkyl halides is 6. The zero-order chi connectivity index (χ0) is 14.4. The molecular weight excluding hydrogens is 262 g/mol. The lowest BCUT2D eigenvalue weighted by atomic mass is 9.84. The Morgan fingerprint density at radius 1 is 0.944 bits per heavy atom. The third kappa shape index (κ3) is 2.75. The second-order valence-corrected chi connectivity index (χ2v) is 5.37. The van der Waals surface area contributed by atoms with Crippen molar-refractivity contribution in [2.75, 3.05) is 0 Å². The van der Waals surface area contributed by atoms with Crippen LogP contribution >= 0.6 is 0 Å². The van der Waals surface area contributed by atoms with Gasteiger partial charge in [-0.15, -0.1) is 0 Å². The topological polar surface area (TPSA) is 20.2 Å². The summed E-state index contributed by atoms with van der Waals surface area (Å²) in [5.74, 6) is -0.903. The molecule has 0 saturated heterocycles. The van der Waals surface area contributed by atoms with Crippen molar-refractivity contribution in [1.82, 2.24) is 0 Å². The molecule has 0 aliphatic heterocycles. The number of hydrogen-bond acceptors (Lipinski definition) is 1. The lowest BCUT2D eigenvalue weighted by Gasteiger charge is -2.35. The molecule has 7 heteroatoms. The van der Waals surface area contributed by atoms with Crippen LogP contribution in [0.25, 0.3) is 0 Å². The van der Waals surface area contributed by atoms with Crippen molar-refractivity contribution in [3.8, 4) is 0 Å². The van der Waals surface area contributed by atoms with Gasteiger partial charge in [-0.2, -0.15) is 26.3 Å². The minimum Gasteiger partial charge on any atom is -0.374 e. The van der Waals surface area contributed by atoms with E-state index in [1.165, 1.54) is 0 Å².